The summed E-state index contributed by atoms with van der Waals surface area (Å²) in [6, 6.07) is 9.88. The standard InChI is InChI=1S/C13H11ClN2O/c1-9-6-12(15-17-9)8-16-5-4-10-2-3-11(14)7-13(10)16/h2-7H,8H2,1H3. The van der Waals surface area contributed by atoms with E-state index in [1.165, 1.54) is 5.39 Å². The maximum atomic E-state index is 6.01. The fourth-order valence-electron chi connectivity index (χ4n) is 1.96. The number of hydrogen-bond acceptors (Lipinski definition) is 2. The van der Waals surface area contributed by atoms with E-state index in [-0.39, 0.29) is 0 Å². The van der Waals surface area contributed by atoms with Crippen molar-refractivity contribution in [2.45, 2.75) is 13.5 Å². The van der Waals surface area contributed by atoms with Gasteiger partial charge in [-0.2, -0.15) is 0 Å². The highest BCUT2D eigenvalue weighted by Gasteiger charge is 2.05. The van der Waals surface area contributed by atoms with Crippen molar-refractivity contribution < 1.29 is 4.52 Å². The fourth-order valence-corrected chi connectivity index (χ4v) is 2.13. The molecule has 0 bridgehead atoms. The van der Waals surface area contributed by atoms with E-state index in [1.54, 1.807) is 0 Å². The van der Waals surface area contributed by atoms with Gasteiger partial charge in [0.2, 0.25) is 0 Å². The molecule has 0 aliphatic carbocycles. The Balaban J connectivity index is 2.03. The molecule has 3 nitrogen and oxygen atoms in total. The summed E-state index contributed by atoms with van der Waals surface area (Å²) in [5, 5.41) is 5.91. The summed E-state index contributed by atoms with van der Waals surface area (Å²) in [5.74, 6) is 0.828. The van der Waals surface area contributed by atoms with Crippen molar-refractivity contribution in [3.05, 3.63) is 53.0 Å². The van der Waals surface area contributed by atoms with E-state index >= 15 is 0 Å². The Kier molecular flexibility index (Phi) is 2.41. The van der Waals surface area contributed by atoms with Crippen LogP contribution in [0.25, 0.3) is 10.9 Å². The average Bonchev–Trinajstić information content (AvgIpc) is 2.87. The molecule has 3 rings (SSSR count). The number of fused-ring (bicyclic) bond motifs is 1. The van der Waals surface area contributed by atoms with Gasteiger partial charge in [-0.25, -0.2) is 0 Å². The van der Waals surface area contributed by atoms with E-state index in [0.29, 0.717) is 6.54 Å². The van der Waals surface area contributed by atoms with Crippen LogP contribution in [0.3, 0.4) is 0 Å². The predicted octanol–water partition coefficient (Wildman–Crippen LogP) is 3.64. The summed E-state index contributed by atoms with van der Waals surface area (Å²) < 4.78 is 7.17. The van der Waals surface area contributed by atoms with Crippen LogP contribution in [0.4, 0.5) is 0 Å². The molecule has 0 radical (unpaired) electrons. The Hall–Kier alpha value is -1.74. The van der Waals surface area contributed by atoms with Crippen LogP contribution in [0.5, 0.6) is 0 Å². The first-order chi connectivity index (χ1) is 8.22. The van der Waals surface area contributed by atoms with Crippen LogP contribution >= 0.6 is 11.6 Å². The Morgan fingerprint density at radius 1 is 1.29 bits per heavy atom. The van der Waals surface area contributed by atoms with E-state index in [4.69, 9.17) is 16.1 Å². The third kappa shape index (κ3) is 1.94. The van der Waals surface area contributed by atoms with E-state index in [2.05, 4.69) is 15.8 Å². The van der Waals surface area contributed by atoms with Gasteiger partial charge in [0.15, 0.2) is 0 Å². The van der Waals surface area contributed by atoms with Gasteiger partial charge in [-0.1, -0.05) is 22.8 Å². The maximum absolute atomic E-state index is 6.01. The third-order valence-electron chi connectivity index (χ3n) is 2.75. The fraction of sp³-hybridized carbons (Fsp3) is 0.154. The minimum absolute atomic E-state index is 0.696. The third-order valence-corrected chi connectivity index (χ3v) is 2.98. The molecule has 3 aromatic rings. The molecule has 0 atom stereocenters. The molecular formula is C13H11ClN2O. The van der Waals surface area contributed by atoms with Gasteiger partial charge in [0.25, 0.3) is 0 Å². The Bertz CT molecular complexity index is 669. The quantitative estimate of drug-likeness (QED) is 0.691. The van der Waals surface area contributed by atoms with Crippen molar-refractivity contribution in [1.29, 1.82) is 0 Å². The molecule has 2 heterocycles. The van der Waals surface area contributed by atoms with Crippen LogP contribution in [0.2, 0.25) is 5.02 Å². The van der Waals surface area contributed by atoms with Crippen LogP contribution in [-0.4, -0.2) is 9.72 Å². The Morgan fingerprint density at radius 3 is 2.94 bits per heavy atom. The summed E-state index contributed by atoms with van der Waals surface area (Å²) >= 11 is 6.01. The second-order valence-corrected chi connectivity index (χ2v) is 4.51. The molecule has 0 aliphatic heterocycles. The zero-order chi connectivity index (χ0) is 11.8. The molecule has 0 fully saturated rings. The minimum atomic E-state index is 0.696. The predicted molar refractivity (Wildman–Crippen MR) is 67.3 cm³/mol. The lowest BCUT2D eigenvalue weighted by Gasteiger charge is -2.02. The van der Waals surface area contributed by atoms with Crippen LogP contribution in [0.15, 0.2) is 41.1 Å². The van der Waals surface area contributed by atoms with Crippen molar-refractivity contribution in [3.63, 3.8) is 0 Å². The number of aryl methyl sites for hydroxylation is 1. The van der Waals surface area contributed by atoms with Crippen LogP contribution in [0, 0.1) is 6.92 Å². The number of nitrogens with zero attached hydrogens (tertiary/aromatic N) is 2. The van der Waals surface area contributed by atoms with E-state index in [9.17, 15) is 0 Å². The summed E-state index contributed by atoms with van der Waals surface area (Å²) in [7, 11) is 0. The molecule has 1 aromatic carbocycles. The topological polar surface area (TPSA) is 31.0 Å². The molecule has 0 spiro atoms. The molecule has 0 saturated carbocycles. The average molecular weight is 247 g/mol. The van der Waals surface area contributed by atoms with Crippen molar-refractivity contribution in [2.75, 3.05) is 0 Å². The summed E-state index contributed by atoms with van der Waals surface area (Å²) in [5.41, 5.74) is 2.03. The summed E-state index contributed by atoms with van der Waals surface area (Å²) in [6.45, 7) is 2.59. The van der Waals surface area contributed by atoms with E-state index < -0.39 is 0 Å². The monoisotopic (exact) mass is 246 g/mol. The van der Waals surface area contributed by atoms with Gasteiger partial charge < -0.3 is 9.09 Å². The molecule has 86 valence electrons. The zero-order valence-corrected chi connectivity index (χ0v) is 10.1. The highest BCUT2D eigenvalue weighted by atomic mass is 35.5. The SMILES string of the molecule is Cc1cc(Cn2ccc3ccc(Cl)cc32)no1. The van der Waals surface area contributed by atoms with Crippen molar-refractivity contribution in [2.24, 2.45) is 0 Å². The lowest BCUT2D eigenvalue weighted by atomic mass is 10.2. The number of halogens is 1. The largest absolute Gasteiger partial charge is 0.361 e. The van der Waals surface area contributed by atoms with Gasteiger partial charge in [0.05, 0.1) is 6.54 Å². The number of benzene rings is 1. The molecule has 0 N–H and O–H groups in total. The van der Waals surface area contributed by atoms with Crippen LogP contribution in [-0.2, 0) is 6.54 Å². The van der Waals surface area contributed by atoms with E-state index in [1.807, 2.05) is 37.4 Å². The van der Waals surface area contributed by atoms with E-state index in [0.717, 1.165) is 22.0 Å². The zero-order valence-electron chi connectivity index (χ0n) is 9.35. The first-order valence-electron chi connectivity index (χ1n) is 5.39. The second kappa shape index (κ2) is 3.93. The normalized spacial score (nSPS) is 11.2. The number of hydrogen-bond donors (Lipinski definition) is 0. The molecule has 0 unspecified atom stereocenters. The molecule has 0 amide bonds. The molecule has 0 saturated heterocycles. The van der Waals surface area contributed by atoms with Gasteiger partial charge in [0.1, 0.15) is 11.5 Å². The molecule has 17 heavy (non-hydrogen) atoms. The highest BCUT2D eigenvalue weighted by Crippen LogP contribution is 2.21. The lowest BCUT2D eigenvalue weighted by molar-refractivity contribution is 0.389. The minimum Gasteiger partial charge on any atom is -0.361 e. The Morgan fingerprint density at radius 2 is 2.18 bits per heavy atom. The molecule has 2 aromatic heterocycles. The van der Waals surface area contributed by atoms with Crippen LogP contribution < -0.4 is 0 Å². The summed E-state index contributed by atoms with van der Waals surface area (Å²) in [6.07, 6.45) is 2.03. The van der Waals surface area contributed by atoms with Gasteiger partial charge in [-0.3, -0.25) is 0 Å². The van der Waals surface area contributed by atoms with Gasteiger partial charge in [-0.05, 0) is 30.5 Å². The summed E-state index contributed by atoms with van der Waals surface area (Å²) in [4.78, 5) is 0. The molecular weight excluding hydrogens is 236 g/mol. The van der Waals surface area contributed by atoms with Crippen molar-refractivity contribution in [3.8, 4) is 0 Å². The maximum Gasteiger partial charge on any atom is 0.133 e. The molecule has 0 aliphatic rings. The van der Waals surface area contributed by atoms with Gasteiger partial charge in [-0.15, -0.1) is 0 Å². The molecule has 4 heteroatoms. The number of rotatable bonds is 2. The second-order valence-electron chi connectivity index (χ2n) is 4.08. The van der Waals surface area contributed by atoms with Crippen molar-refractivity contribution in [1.82, 2.24) is 9.72 Å². The highest BCUT2D eigenvalue weighted by molar-refractivity contribution is 6.31. The van der Waals surface area contributed by atoms with Crippen molar-refractivity contribution >= 4 is 22.5 Å². The van der Waals surface area contributed by atoms with Gasteiger partial charge in [0, 0.05) is 22.8 Å². The first-order valence-corrected chi connectivity index (χ1v) is 5.77. The smallest absolute Gasteiger partial charge is 0.133 e. The van der Waals surface area contributed by atoms with Crippen LogP contribution in [0.1, 0.15) is 11.5 Å². The van der Waals surface area contributed by atoms with Gasteiger partial charge >= 0.3 is 0 Å². The first kappa shape index (κ1) is 10.4. The Labute approximate surface area is 104 Å². The number of aromatic nitrogens is 2. The lowest BCUT2D eigenvalue weighted by Crippen LogP contribution is -1.97.